The zero-order valence-corrected chi connectivity index (χ0v) is 13.3. The van der Waals surface area contributed by atoms with Crippen molar-refractivity contribution in [3.05, 3.63) is 51.3 Å². The number of aliphatic hydroxyl groups is 1. The standard InChI is InChI=1S/C15H19BrN2O/c1-10-7-5-6-8-12(10)15(3,19)9-13-14(16)11(2)17-18(13)4/h5-8,19H,9H2,1-4H3. The second-order valence-electron chi connectivity index (χ2n) is 5.24. The summed E-state index contributed by atoms with van der Waals surface area (Å²) in [5, 5.41) is 15.2. The molecule has 2 aromatic rings. The monoisotopic (exact) mass is 322 g/mol. The summed E-state index contributed by atoms with van der Waals surface area (Å²) in [6.45, 7) is 5.83. The normalized spacial score (nSPS) is 14.4. The largest absolute Gasteiger partial charge is 0.385 e. The van der Waals surface area contributed by atoms with Gasteiger partial charge in [-0.05, 0) is 47.8 Å². The topological polar surface area (TPSA) is 38.1 Å². The number of benzene rings is 1. The lowest BCUT2D eigenvalue weighted by Crippen LogP contribution is -2.26. The fourth-order valence-electron chi connectivity index (χ4n) is 2.47. The molecule has 2 rings (SSSR count). The van der Waals surface area contributed by atoms with E-state index in [1.54, 1.807) is 0 Å². The SMILES string of the molecule is Cc1ccccc1C(C)(O)Cc1c(Br)c(C)nn1C. The third-order valence-corrected chi connectivity index (χ3v) is 4.53. The number of halogens is 1. The molecule has 102 valence electrons. The summed E-state index contributed by atoms with van der Waals surface area (Å²) in [6.07, 6.45) is 0.524. The first-order valence-electron chi connectivity index (χ1n) is 6.29. The van der Waals surface area contributed by atoms with Crippen molar-refractivity contribution in [2.45, 2.75) is 32.8 Å². The Labute approximate surface area is 122 Å². The summed E-state index contributed by atoms with van der Waals surface area (Å²) in [5.74, 6) is 0. The third-order valence-electron chi connectivity index (χ3n) is 3.50. The van der Waals surface area contributed by atoms with E-state index in [0.717, 1.165) is 27.0 Å². The van der Waals surface area contributed by atoms with Gasteiger partial charge in [0.05, 0.1) is 21.5 Å². The van der Waals surface area contributed by atoms with Gasteiger partial charge < -0.3 is 5.11 Å². The molecule has 1 aromatic heterocycles. The maximum absolute atomic E-state index is 10.8. The zero-order chi connectivity index (χ0) is 14.2. The van der Waals surface area contributed by atoms with Crippen LogP contribution >= 0.6 is 15.9 Å². The summed E-state index contributed by atoms with van der Waals surface area (Å²) in [4.78, 5) is 0. The average molecular weight is 323 g/mol. The average Bonchev–Trinajstić information content (AvgIpc) is 2.56. The van der Waals surface area contributed by atoms with Crippen molar-refractivity contribution in [2.75, 3.05) is 0 Å². The molecule has 0 aliphatic rings. The van der Waals surface area contributed by atoms with Crippen LogP contribution in [0.25, 0.3) is 0 Å². The summed E-state index contributed by atoms with van der Waals surface area (Å²) < 4.78 is 2.80. The second-order valence-corrected chi connectivity index (χ2v) is 6.03. The van der Waals surface area contributed by atoms with E-state index in [1.807, 2.05) is 56.8 Å². The number of aryl methyl sites for hydroxylation is 3. The summed E-state index contributed by atoms with van der Waals surface area (Å²) in [5.41, 5.74) is 3.10. The maximum atomic E-state index is 10.8. The molecule has 1 unspecified atom stereocenters. The van der Waals surface area contributed by atoms with E-state index in [1.165, 1.54) is 0 Å². The maximum Gasteiger partial charge on any atom is 0.0926 e. The van der Waals surface area contributed by atoms with Gasteiger partial charge in [-0.25, -0.2) is 0 Å². The lowest BCUT2D eigenvalue weighted by atomic mass is 9.88. The molecule has 1 atom stereocenters. The molecule has 19 heavy (non-hydrogen) atoms. The van der Waals surface area contributed by atoms with Crippen LogP contribution in [0.3, 0.4) is 0 Å². The van der Waals surface area contributed by atoms with Crippen LogP contribution in [-0.2, 0) is 19.1 Å². The molecule has 1 aromatic carbocycles. The van der Waals surface area contributed by atoms with E-state index in [9.17, 15) is 5.11 Å². The quantitative estimate of drug-likeness (QED) is 0.942. The number of aromatic nitrogens is 2. The molecule has 4 heteroatoms. The molecule has 1 heterocycles. The van der Waals surface area contributed by atoms with Crippen molar-refractivity contribution in [2.24, 2.45) is 7.05 Å². The van der Waals surface area contributed by atoms with Crippen molar-refractivity contribution in [1.29, 1.82) is 0 Å². The van der Waals surface area contributed by atoms with Gasteiger partial charge in [-0.3, -0.25) is 4.68 Å². The van der Waals surface area contributed by atoms with Crippen LogP contribution in [0, 0.1) is 13.8 Å². The molecule has 0 spiro atoms. The van der Waals surface area contributed by atoms with E-state index >= 15 is 0 Å². The van der Waals surface area contributed by atoms with Gasteiger partial charge in [0.1, 0.15) is 0 Å². The van der Waals surface area contributed by atoms with Crippen molar-refractivity contribution in [3.63, 3.8) is 0 Å². The van der Waals surface area contributed by atoms with Crippen LogP contribution in [0.5, 0.6) is 0 Å². The molecule has 0 amide bonds. The first-order valence-corrected chi connectivity index (χ1v) is 7.08. The minimum atomic E-state index is -0.909. The molecule has 0 aliphatic carbocycles. The highest BCUT2D eigenvalue weighted by Gasteiger charge is 2.28. The Morgan fingerprint density at radius 3 is 2.47 bits per heavy atom. The number of hydrogen-bond acceptors (Lipinski definition) is 2. The Morgan fingerprint density at radius 1 is 1.32 bits per heavy atom. The van der Waals surface area contributed by atoms with Crippen molar-refractivity contribution >= 4 is 15.9 Å². The van der Waals surface area contributed by atoms with Crippen molar-refractivity contribution in [3.8, 4) is 0 Å². The Hall–Kier alpha value is -1.13. The summed E-state index contributed by atoms with van der Waals surface area (Å²) in [6, 6.07) is 7.94. The zero-order valence-electron chi connectivity index (χ0n) is 11.7. The van der Waals surface area contributed by atoms with E-state index in [0.29, 0.717) is 6.42 Å². The Balaban J connectivity index is 2.39. The number of rotatable bonds is 3. The molecule has 0 bridgehead atoms. The van der Waals surface area contributed by atoms with Crippen LogP contribution in [0.4, 0.5) is 0 Å². The van der Waals surface area contributed by atoms with E-state index in [-0.39, 0.29) is 0 Å². The van der Waals surface area contributed by atoms with Gasteiger partial charge in [-0.1, -0.05) is 24.3 Å². The van der Waals surface area contributed by atoms with E-state index in [4.69, 9.17) is 0 Å². The van der Waals surface area contributed by atoms with Gasteiger partial charge in [-0.2, -0.15) is 5.10 Å². The molecule has 3 nitrogen and oxygen atoms in total. The lowest BCUT2D eigenvalue weighted by molar-refractivity contribution is 0.0548. The van der Waals surface area contributed by atoms with Crippen molar-refractivity contribution < 1.29 is 5.11 Å². The van der Waals surface area contributed by atoms with Gasteiger partial charge in [-0.15, -0.1) is 0 Å². The van der Waals surface area contributed by atoms with Crippen LogP contribution < -0.4 is 0 Å². The molecule has 0 saturated heterocycles. The van der Waals surface area contributed by atoms with E-state index in [2.05, 4.69) is 21.0 Å². The first kappa shape index (κ1) is 14.3. The number of nitrogens with zero attached hydrogens (tertiary/aromatic N) is 2. The number of hydrogen-bond donors (Lipinski definition) is 1. The first-order chi connectivity index (χ1) is 8.83. The highest BCUT2D eigenvalue weighted by atomic mass is 79.9. The molecule has 0 aliphatic heterocycles. The van der Waals surface area contributed by atoms with Gasteiger partial charge in [0.2, 0.25) is 0 Å². The highest BCUT2D eigenvalue weighted by Crippen LogP contribution is 2.31. The van der Waals surface area contributed by atoms with Crippen LogP contribution in [0.15, 0.2) is 28.7 Å². The fourth-order valence-corrected chi connectivity index (χ4v) is 2.95. The minimum absolute atomic E-state index is 0.524. The van der Waals surface area contributed by atoms with Gasteiger partial charge in [0.15, 0.2) is 0 Å². The summed E-state index contributed by atoms with van der Waals surface area (Å²) in [7, 11) is 1.90. The van der Waals surface area contributed by atoms with E-state index < -0.39 is 5.60 Å². The molecule has 1 N–H and O–H groups in total. The molecule has 0 saturated carbocycles. The predicted molar refractivity (Wildman–Crippen MR) is 80.1 cm³/mol. The second kappa shape index (κ2) is 5.10. The summed E-state index contributed by atoms with van der Waals surface area (Å²) >= 11 is 3.55. The fraction of sp³-hybridized carbons (Fsp3) is 0.400. The van der Waals surface area contributed by atoms with Crippen LogP contribution in [0.1, 0.15) is 29.4 Å². The van der Waals surface area contributed by atoms with Gasteiger partial charge in [0, 0.05) is 13.5 Å². The highest BCUT2D eigenvalue weighted by molar-refractivity contribution is 9.10. The third kappa shape index (κ3) is 2.74. The van der Waals surface area contributed by atoms with Gasteiger partial charge in [0.25, 0.3) is 0 Å². The Kier molecular flexibility index (Phi) is 3.83. The van der Waals surface area contributed by atoms with Crippen LogP contribution in [-0.4, -0.2) is 14.9 Å². The molecular formula is C15H19BrN2O. The molecular weight excluding hydrogens is 304 g/mol. The Bertz CT molecular complexity index is 602. The minimum Gasteiger partial charge on any atom is -0.385 e. The van der Waals surface area contributed by atoms with Gasteiger partial charge >= 0.3 is 0 Å². The lowest BCUT2D eigenvalue weighted by Gasteiger charge is -2.26. The van der Waals surface area contributed by atoms with Crippen LogP contribution in [0.2, 0.25) is 0 Å². The predicted octanol–water partition coefficient (Wildman–Crippen LogP) is 3.25. The Morgan fingerprint density at radius 2 is 1.95 bits per heavy atom. The molecule has 0 radical (unpaired) electrons. The smallest absolute Gasteiger partial charge is 0.0926 e. The van der Waals surface area contributed by atoms with Crippen molar-refractivity contribution in [1.82, 2.24) is 9.78 Å². The molecule has 0 fully saturated rings.